The molecule has 9 heteroatoms. The zero-order valence-corrected chi connectivity index (χ0v) is 20.8. The van der Waals surface area contributed by atoms with E-state index in [2.05, 4.69) is 15.6 Å². The van der Waals surface area contributed by atoms with Gasteiger partial charge in [-0.2, -0.15) is 5.10 Å². The number of hydrogen-bond donors (Lipinski definition) is 1. The molecule has 2 aromatic carbocycles. The molecule has 0 atom stereocenters. The maximum Gasteiger partial charge on any atom is 0.248 e. The third-order valence-electron chi connectivity index (χ3n) is 5.62. The van der Waals surface area contributed by atoms with E-state index >= 15 is 0 Å². The van der Waals surface area contributed by atoms with Crippen LogP contribution in [-0.4, -0.2) is 28.0 Å². The van der Waals surface area contributed by atoms with Gasteiger partial charge in [0.15, 0.2) is 17.3 Å². The summed E-state index contributed by atoms with van der Waals surface area (Å²) in [5, 5.41) is 10.9. The molecule has 0 aliphatic rings. The first-order valence-corrected chi connectivity index (χ1v) is 11.3. The minimum atomic E-state index is -0.486. The van der Waals surface area contributed by atoms with Crippen LogP contribution in [0.4, 0.5) is 10.1 Å². The fourth-order valence-electron chi connectivity index (χ4n) is 3.75. The molecule has 4 rings (SSSR count). The number of carbonyl (C=O) groups is 1. The van der Waals surface area contributed by atoms with Crippen LogP contribution in [0, 0.1) is 33.5 Å². The topological polar surface area (TPSA) is 91.4 Å². The van der Waals surface area contributed by atoms with Gasteiger partial charge in [-0.3, -0.25) is 4.79 Å². The molecule has 1 amide bonds. The molecule has 0 unspecified atom stereocenters. The number of hydrogen-bond acceptors (Lipinski definition) is 6. The van der Waals surface area contributed by atoms with Crippen LogP contribution in [-0.2, 0) is 11.4 Å². The second-order valence-corrected chi connectivity index (χ2v) is 8.33. The Morgan fingerprint density at radius 1 is 1.11 bits per heavy atom. The molecule has 4 aromatic rings. The summed E-state index contributed by atoms with van der Waals surface area (Å²) in [6.45, 7) is 7.68. The van der Waals surface area contributed by atoms with Gasteiger partial charge in [-0.15, -0.1) is 0 Å². The van der Waals surface area contributed by atoms with Gasteiger partial charge in [0.05, 0.1) is 24.1 Å². The maximum atomic E-state index is 14.7. The summed E-state index contributed by atoms with van der Waals surface area (Å²) in [6, 6.07) is 11.7. The number of rotatable bonds is 8. The average molecular weight is 491 g/mol. The smallest absolute Gasteiger partial charge is 0.248 e. The van der Waals surface area contributed by atoms with E-state index in [0.29, 0.717) is 35.2 Å². The highest BCUT2D eigenvalue weighted by Crippen LogP contribution is 2.30. The van der Waals surface area contributed by atoms with Crippen molar-refractivity contribution in [2.75, 3.05) is 12.4 Å². The lowest BCUT2D eigenvalue weighted by atomic mass is 10.1. The normalized spacial score (nSPS) is 11.2. The summed E-state index contributed by atoms with van der Waals surface area (Å²) in [5.74, 6) is 0.896. The number of ether oxygens (including phenoxy) is 2. The van der Waals surface area contributed by atoms with E-state index in [4.69, 9.17) is 14.0 Å². The van der Waals surface area contributed by atoms with Crippen LogP contribution in [0.15, 0.2) is 53.1 Å². The molecule has 0 saturated carbocycles. The number of aromatic nitrogens is 3. The van der Waals surface area contributed by atoms with Crippen molar-refractivity contribution in [2.45, 2.75) is 34.3 Å². The zero-order valence-electron chi connectivity index (χ0n) is 20.8. The van der Waals surface area contributed by atoms with E-state index in [1.54, 1.807) is 43.5 Å². The molecule has 8 nitrogen and oxygen atoms in total. The Bertz CT molecular complexity index is 1420. The van der Waals surface area contributed by atoms with Crippen molar-refractivity contribution < 1.29 is 23.2 Å². The zero-order chi connectivity index (χ0) is 25.8. The predicted octanol–water partition coefficient (Wildman–Crippen LogP) is 5.47. The molecule has 186 valence electrons. The highest BCUT2D eigenvalue weighted by atomic mass is 19.1. The van der Waals surface area contributed by atoms with Crippen molar-refractivity contribution in [3.8, 4) is 17.2 Å². The lowest BCUT2D eigenvalue weighted by Gasteiger charge is -2.11. The predicted molar refractivity (Wildman–Crippen MR) is 134 cm³/mol. The Labute approximate surface area is 208 Å². The van der Waals surface area contributed by atoms with E-state index in [1.165, 1.54) is 16.8 Å². The average Bonchev–Trinajstić information content (AvgIpc) is 3.35. The van der Waals surface area contributed by atoms with Crippen molar-refractivity contribution in [1.29, 1.82) is 0 Å². The monoisotopic (exact) mass is 490 g/mol. The fourth-order valence-corrected chi connectivity index (χ4v) is 3.75. The van der Waals surface area contributed by atoms with Gasteiger partial charge in [-0.25, -0.2) is 9.07 Å². The number of nitrogens with zero attached hydrogens (tertiary/aromatic N) is 3. The van der Waals surface area contributed by atoms with Crippen LogP contribution in [0.5, 0.6) is 11.5 Å². The lowest BCUT2D eigenvalue weighted by Crippen LogP contribution is -2.09. The van der Waals surface area contributed by atoms with Gasteiger partial charge in [-0.1, -0.05) is 11.2 Å². The van der Waals surface area contributed by atoms with Crippen molar-refractivity contribution in [3.05, 3.63) is 88.3 Å². The summed E-state index contributed by atoms with van der Waals surface area (Å²) in [7, 11) is 1.54. The first kappa shape index (κ1) is 24.7. The van der Waals surface area contributed by atoms with Crippen LogP contribution in [0.3, 0.4) is 0 Å². The minimum Gasteiger partial charge on any atom is -0.493 e. The Morgan fingerprint density at radius 2 is 1.92 bits per heavy atom. The first-order chi connectivity index (χ1) is 17.2. The van der Waals surface area contributed by atoms with E-state index in [9.17, 15) is 9.18 Å². The minimum absolute atomic E-state index is 0.296. The third kappa shape index (κ3) is 5.46. The molecular weight excluding hydrogens is 463 g/mol. The molecule has 0 bridgehead atoms. The van der Waals surface area contributed by atoms with Gasteiger partial charge in [-0.05, 0) is 75.7 Å². The molecule has 2 heterocycles. The van der Waals surface area contributed by atoms with Gasteiger partial charge in [0, 0.05) is 17.5 Å². The largest absolute Gasteiger partial charge is 0.493 e. The molecule has 36 heavy (non-hydrogen) atoms. The summed E-state index contributed by atoms with van der Waals surface area (Å²) in [6.07, 6.45) is 3.00. The molecule has 1 N–H and O–H groups in total. The number of amides is 1. The number of anilines is 1. The van der Waals surface area contributed by atoms with Gasteiger partial charge in [0.1, 0.15) is 18.1 Å². The molecule has 0 radical (unpaired) electrons. The summed E-state index contributed by atoms with van der Waals surface area (Å²) in [5.41, 5.74) is 4.67. The molecule has 0 aliphatic carbocycles. The van der Waals surface area contributed by atoms with E-state index in [-0.39, 0.29) is 0 Å². The second-order valence-electron chi connectivity index (χ2n) is 8.33. The van der Waals surface area contributed by atoms with Gasteiger partial charge in [0.2, 0.25) is 5.91 Å². The Morgan fingerprint density at radius 3 is 2.56 bits per heavy atom. The van der Waals surface area contributed by atoms with Gasteiger partial charge in [0.25, 0.3) is 0 Å². The van der Waals surface area contributed by atoms with Crippen molar-refractivity contribution >= 4 is 17.7 Å². The van der Waals surface area contributed by atoms with Crippen molar-refractivity contribution in [1.82, 2.24) is 14.9 Å². The highest BCUT2D eigenvalue weighted by molar-refractivity contribution is 6.02. The van der Waals surface area contributed by atoms with Crippen LogP contribution in [0.1, 0.15) is 34.0 Å². The highest BCUT2D eigenvalue weighted by Gasteiger charge is 2.13. The van der Waals surface area contributed by atoms with Crippen molar-refractivity contribution in [2.24, 2.45) is 0 Å². The van der Waals surface area contributed by atoms with Crippen LogP contribution < -0.4 is 14.8 Å². The standard InChI is InChI=1S/C27H27FN4O4/c1-16-12-17(2)32(30-16)24-9-8-21(14-23(24)28)29-27(33)11-7-20-6-10-25(26(13-20)34-5)35-15-22-18(3)31-36-19(22)4/h6-14H,15H2,1-5H3,(H,29,33)/b11-7+. The second kappa shape index (κ2) is 10.5. The number of aryl methyl sites for hydroxylation is 4. The molecule has 0 saturated heterocycles. The number of nitrogens with one attached hydrogen (secondary N) is 1. The molecule has 0 aliphatic heterocycles. The number of halogens is 1. The number of benzene rings is 2. The number of carbonyl (C=O) groups excluding carboxylic acids is 1. The van der Waals surface area contributed by atoms with E-state index in [0.717, 1.165) is 28.2 Å². The molecule has 0 spiro atoms. The summed E-state index contributed by atoms with van der Waals surface area (Å²) in [4.78, 5) is 12.4. The van der Waals surface area contributed by atoms with E-state index in [1.807, 2.05) is 33.8 Å². The summed E-state index contributed by atoms with van der Waals surface area (Å²) >= 11 is 0. The van der Waals surface area contributed by atoms with Crippen LogP contribution in [0.25, 0.3) is 11.8 Å². The van der Waals surface area contributed by atoms with Gasteiger partial charge >= 0.3 is 0 Å². The summed E-state index contributed by atoms with van der Waals surface area (Å²) < 4.78 is 32.7. The Hall–Kier alpha value is -4.40. The van der Waals surface area contributed by atoms with Crippen LogP contribution >= 0.6 is 0 Å². The van der Waals surface area contributed by atoms with Crippen LogP contribution in [0.2, 0.25) is 0 Å². The lowest BCUT2D eigenvalue weighted by molar-refractivity contribution is -0.111. The van der Waals surface area contributed by atoms with E-state index < -0.39 is 11.7 Å². The Balaban J connectivity index is 1.41. The van der Waals surface area contributed by atoms with Gasteiger partial charge < -0.3 is 19.3 Å². The quantitative estimate of drug-likeness (QED) is 0.329. The molecule has 0 fully saturated rings. The number of methoxy groups -OCH3 is 1. The Kier molecular flexibility index (Phi) is 7.19. The SMILES string of the molecule is COc1cc(/C=C/C(=O)Nc2ccc(-n3nc(C)cc3C)c(F)c2)ccc1OCc1c(C)noc1C. The maximum absolute atomic E-state index is 14.7. The molecular formula is C27H27FN4O4. The first-order valence-electron chi connectivity index (χ1n) is 11.3. The van der Waals surface area contributed by atoms with Crippen molar-refractivity contribution in [3.63, 3.8) is 0 Å². The fraction of sp³-hybridized carbons (Fsp3) is 0.222. The third-order valence-corrected chi connectivity index (χ3v) is 5.62. The molecule has 2 aromatic heterocycles.